The average Bonchev–Trinajstić information content (AvgIpc) is 2.29. The monoisotopic (exact) mass is 214 g/mol. The smallest absolute Gasteiger partial charge is 0.239 e. The molecule has 1 rings (SSSR count). The molecule has 1 N–H and O–H groups in total. The number of amides is 1. The number of carbonyl (C=O) groups is 1. The molecule has 1 heterocycles. The molecule has 1 aliphatic heterocycles. The van der Waals surface area contributed by atoms with Crippen molar-refractivity contribution in [3.8, 4) is 0 Å². The molecule has 1 amide bonds. The summed E-state index contributed by atoms with van der Waals surface area (Å²) in [5, 5.41) is 3.16. The first-order valence-electron chi connectivity index (χ1n) is 5.77. The molecule has 0 bridgehead atoms. The summed E-state index contributed by atoms with van der Waals surface area (Å²) in [6.07, 6.45) is 3.56. The van der Waals surface area contributed by atoms with Gasteiger partial charge in [0.2, 0.25) is 5.91 Å². The Kier molecular flexibility index (Phi) is 5.65. The fourth-order valence-electron chi connectivity index (χ4n) is 1.85. The number of nitrogens with zero attached hydrogens (tertiary/aromatic N) is 1. The van der Waals surface area contributed by atoms with Crippen LogP contribution in [0.15, 0.2) is 0 Å². The number of hydrogen-bond donors (Lipinski definition) is 1. The van der Waals surface area contributed by atoms with Crippen molar-refractivity contribution in [3.05, 3.63) is 0 Å². The molecule has 4 heteroatoms. The highest BCUT2D eigenvalue weighted by molar-refractivity contribution is 5.81. The van der Waals surface area contributed by atoms with E-state index >= 15 is 0 Å². The van der Waals surface area contributed by atoms with Crippen molar-refractivity contribution in [3.63, 3.8) is 0 Å². The van der Waals surface area contributed by atoms with Crippen LogP contribution >= 0.6 is 0 Å². The Morgan fingerprint density at radius 2 is 2.07 bits per heavy atom. The van der Waals surface area contributed by atoms with E-state index in [9.17, 15) is 4.79 Å². The first kappa shape index (κ1) is 12.5. The fourth-order valence-corrected chi connectivity index (χ4v) is 1.85. The third-order valence-electron chi connectivity index (χ3n) is 2.79. The van der Waals surface area contributed by atoms with E-state index in [2.05, 4.69) is 5.32 Å². The van der Waals surface area contributed by atoms with Crippen LogP contribution in [0.2, 0.25) is 0 Å². The van der Waals surface area contributed by atoms with Gasteiger partial charge in [0.05, 0.1) is 12.6 Å². The molecule has 0 spiro atoms. The van der Waals surface area contributed by atoms with E-state index < -0.39 is 0 Å². The molecular formula is C11H22N2O2. The van der Waals surface area contributed by atoms with Crippen LogP contribution in [0.4, 0.5) is 0 Å². The van der Waals surface area contributed by atoms with Crippen LogP contribution in [0.1, 0.15) is 26.2 Å². The number of methoxy groups -OCH3 is 1. The van der Waals surface area contributed by atoms with E-state index in [1.165, 1.54) is 6.42 Å². The van der Waals surface area contributed by atoms with Gasteiger partial charge in [-0.25, -0.2) is 0 Å². The minimum Gasteiger partial charge on any atom is -0.383 e. The lowest BCUT2D eigenvalue weighted by atomic mass is 10.1. The van der Waals surface area contributed by atoms with E-state index in [4.69, 9.17) is 4.74 Å². The molecule has 0 radical (unpaired) electrons. The van der Waals surface area contributed by atoms with Crippen LogP contribution < -0.4 is 5.32 Å². The topological polar surface area (TPSA) is 41.6 Å². The van der Waals surface area contributed by atoms with E-state index in [-0.39, 0.29) is 11.9 Å². The summed E-state index contributed by atoms with van der Waals surface area (Å²) in [5.41, 5.74) is 0. The molecule has 4 nitrogen and oxygen atoms in total. The van der Waals surface area contributed by atoms with Gasteiger partial charge in [0.1, 0.15) is 0 Å². The predicted molar refractivity (Wildman–Crippen MR) is 59.8 cm³/mol. The number of hydrogen-bond acceptors (Lipinski definition) is 3. The van der Waals surface area contributed by atoms with Crippen molar-refractivity contribution < 1.29 is 9.53 Å². The quantitative estimate of drug-likeness (QED) is 0.682. The zero-order chi connectivity index (χ0) is 11.1. The van der Waals surface area contributed by atoms with Crippen LogP contribution in [0.5, 0.6) is 0 Å². The summed E-state index contributed by atoms with van der Waals surface area (Å²) < 4.78 is 4.93. The second kappa shape index (κ2) is 6.80. The van der Waals surface area contributed by atoms with Gasteiger partial charge in [-0.15, -0.1) is 0 Å². The molecule has 1 unspecified atom stereocenters. The SMILES string of the molecule is COCCNC(C)C(=O)N1CCCCC1. The van der Waals surface area contributed by atoms with Crippen LogP contribution in [0.25, 0.3) is 0 Å². The maximum Gasteiger partial charge on any atom is 0.239 e. The van der Waals surface area contributed by atoms with Crippen LogP contribution in [0.3, 0.4) is 0 Å². The Hall–Kier alpha value is -0.610. The van der Waals surface area contributed by atoms with Crippen molar-refractivity contribution in [1.29, 1.82) is 0 Å². The lowest BCUT2D eigenvalue weighted by Crippen LogP contribution is -2.47. The Morgan fingerprint density at radius 1 is 1.40 bits per heavy atom. The fraction of sp³-hybridized carbons (Fsp3) is 0.909. The van der Waals surface area contributed by atoms with Crippen molar-refractivity contribution in [2.75, 3.05) is 33.4 Å². The van der Waals surface area contributed by atoms with E-state index in [0.29, 0.717) is 6.61 Å². The van der Waals surface area contributed by atoms with Crippen LogP contribution in [-0.2, 0) is 9.53 Å². The molecular weight excluding hydrogens is 192 g/mol. The van der Waals surface area contributed by atoms with Crippen molar-refractivity contribution in [2.45, 2.75) is 32.2 Å². The van der Waals surface area contributed by atoms with Crippen molar-refractivity contribution in [2.24, 2.45) is 0 Å². The minimum atomic E-state index is -0.0850. The summed E-state index contributed by atoms with van der Waals surface area (Å²) in [7, 11) is 1.67. The van der Waals surface area contributed by atoms with E-state index in [1.54, 1.807) is 7.11 Å². The zero-order valence-corrected chi connectivity index (χ0v) is 9.79. The molecule has 0 aliphatic carbocycles. The van der Waals surface area contributed by atoms with Gasteiger partial charge in [-0.05, 0) is 26.2 Å². The number of rotatable bonds is 5. The van der Waals surface area contributed by atoms with Crippen molar-refractivity contribution >= 4 is 5.91 Å². The van der Waals surface area contributed by atoms with E-state index in [1.807, 2.05) is 11.8 Å². The van der Waals surface area contributed by atoms with Gasteiger partial charge in [-0.1, -0.05) is 0 Å². The first-order chi connectivity index (χ1) is 7.25. The molecule has 1 saturated heterocycles. The summed E-state index contributed by atoms with van der Waals surface area (Å²) >= 11 is 0. The lowest BCUT2D eigenvalue weighted by Gasteiger charge is -2.29. The maximum atomic E-state index is 11.9. The highest BCUT2D eigenvalue weighted by Gasteiger charge is 2.21. The molecule has 0 aromatic heterocycles. The summed E-state index contributed by atoms with van der Waals surface area (Å²) in [5.74, 6) is 0.228. The molecule has 0 aromatic rings. The molecule has 0 aromatic carbocycles. The third-order valence-corrected chi connectivity index (χ3v) is 2.79. The van der Waals surface area contributed by atoms with Gasteiger partial charge in [0.15, 0.2) is 0 Å². The molecule has 1 fully saturated rings. The number of ether oxygens (including phenoxy) is 1. The number of nitrogens with one attached hydrogen (secondary N) is 1. The van der Waals surface area contributed by atoms with Gasteiger partial charge < -0.3 is 15.0 Å². The van der Waals surface area contributed by atoms with Crippen LogP contribution in [-0.4, -0.2) is 50.2 Å². The second-order valence-corrected chi connectivity index (χ2v) is 4.05. The Morgan fingerprint density at radius 3 is 2.67 bits per heavy atom. The van der Waals surface area contributed by atoms with Gasteiger partial charge in [-0.2, -0.15) is 0 Å². The summed E-state index contributed by atoms with van der Waals surface area (Å²) in [6, 6.07) is -0.0850. The first-order valence-corrected chi connectivity index (χ1v) is 5.77. The van der Waals surface area contributed by atoms with Gasteiger partial charge in [0.25, 0.3) is 0 Å². The minimum absolute atomic E-state index is 0.0850. The molecule has 0 saturated carbocycles. The highest BCUT2D eigenvalue weighted by atomic mass is 16.5. The Balaban J connectivity index is 2.24. The normalized spacial score (nSPS) is 18.9. The van der Waals surface area contributed by atoms with E-state index in [0.717, 1.165) is 32.5 Å². The summed E-state index contributed by atoms with van der Waals surface area (Å²) in [6.45, 7) is 5.16. The second-order valence-electron chi connectivity index (χ2n) is 4.05. The number of likely N-dealkylation sites (tertiary alicyclic amines) is 1. The van der Waals surface area contributed by atoms with Gasteiger partial charge >= 0.3 is 0 Å². The standard InChI is InChI=1S/C11H22N2O2/c1-10(12-6-9-15-2)11(14)13-7-4-3-5-8-13/h10,12H,3-9H2,1-2H3. The molecule has 1 atom stereocenters. The van der Waals surface area contributed by atoms with Gasteiger partial charge in [0, 0.05) is 26.7 Å². The molecule has 15 heavy (non-hydrogen) atoms. The molecule has 1 aliphatic rings. The third kappa shape index (κ3) is 4.18. The number of carbonyl (C=O) groups excluding carboxylic acids is 1. The average molecular weight is 214 g/mol. The lowest BCUT2D eigenvalue weighted by molar-refractivity contribution is -0.133. The highest BCUT2D eigenvalue weighted by Crippen LogP contribution is 2.09. The Labute approximate surface area is 92.0 Å². The van der Waals surface area contributed by atoms with Gasteiger partial charge in [-0.3, -0.25) is 4.79 Å². The molecule has 88 valence electrons. The summed E-state index contributed by atoms with van der Waals surface area (Å²) in [4.78, 5) is 13.9. The zero-order valence-electron chi connectivity index (χ0n) is 9.79. The Bertz CT molecular complexity index is 191. The predicted octanol–water partition coefficient (Wildman–Crippen LogP) is 0.623. The van der Waals surface area contributed by atoms with Crippen LogP contribution in [0, 0.1) is 0 Å². The largest absolute Gasteiger partial charge is 0.383 e. The number of piperidine rings is 1. The maximum absolute atomic E-state index is 11.9. The van der Waals surface area contributed by atoms with Crippen molar-refractivity contribution in [1.82, 2.24) is 10.2 Å².